The zero-order valence-corrected chi connectivity index (χ0v) is 20.1. The van der Waals surface area contributed by atoms with Crippen LogP contribution in [0, 0.1) is 0 Å². The van der Waals surface area contributed by atoms with Crippen molar-refractivity contribution in [2.75, 3.05) is 54.6 Å². The van der Waals surface area contributed by atoms with Crippen molar-refractivity contribution >= 4 is 39.2 Å². The fraction of sp³-hybridized carbons (Fsp3) is 0.550. The van der Waals surface area contributed by atoms with Crippen molar-refractivity contribution in [3.8, 4) is 0 Å². The number of alkyl halides is 3. The van der Waals surface area contributed by atoms with Gasteiger partial charge in [-0.25, -0.2) is 18.0 Å². The van der Waals surface area contributed by atoms with Gasteiger partial charge in [0.05, 0.1) is 23.5 Å². The van der Waals surface area contributed by atoms with Gasteiger partial charge in [0, 0.05) is 38.4 Å². The molecule has 0 aromatic heterocycles. The molecule has 11 nitrogen and oxygen atoms in total. The number of amides is 1. The lowest BCUT2D eigenvalue weighted by atomic mass is 10.1. The van der Waals surface area contributed by atoms with Crippen LogP contribution in [0.2, 0.25) is 0 Å². The van der Waals surface area contributed by atoms with E-state index in [1.165, 1.54) is 19.1 Å². The fourth-order valence-corrected chi connectivity index (χ4v) is 3.58. The summed E-state index contributed by atoms with van der Waals surface area (Å²) in [4.78, 5) is 36.4. The Bertz CT molecular complexity index is 995. The van der Waals surface area contributed by atoms with Gasteiger partial charge in [-0.15, -0.1) is 0 Å². The highest BCUT2D eigenvalue weighted by Gasteiger charge is 2.38. The first-order valence-electron chi connectivity index (χ1n) is 10.6. The molecule has 1 aliphatic rings. The maximum absolute atomic E-state index is 11.8. The third-order valence-corrected chi connectivity index (χ3v) is 6.09. The van der Waals surface area contributed by atoms with Crippen molar-refractivity contribution in [3.05, 3.63) is 23.8 Å². The van der Waals surface area contributed by atoms with Gasteiger partial charge in [0.2, 0.25) is 15.9 Å². The second-order valence-corrected chi connectivity index (χ2v) is 9.47. The number of halogens is 3. The summed E-state index contributed by atoms with van der Waals surface area (Å²) in [7, 11) is -3.56. The number of hydrogen-bond acceptors (Lipinski definition) is 7. The molecule has 35 heavy (non-hydrogen) atoms. The summed E-state index contributed by atoms with van der Waals surface area (Å²) in [5, 5.41) is 19.4. The topological polar surface area (TPSA) is 156 Å². The van der Waals surface area contributed by atoms with Gasteiger partial charge in [0.1, 0.15) is 0 Å². The summed E-state index contributed by atoms with van der Waals surface area (Å²) in [5.74, 6) is -4.08. The summed E-state index contributed by atoms with van der Waals surface area (Å²) < 4.78 is 57.6. The number of aromatic carboxylic acids is 1. The molecule has 0 bridgehead atoms. The lowest BCUT2D eigenvalue weighted by molar-refractivity contribution is -0.192. The van der Waals surface area contributed by atoms with E-state index in [4.69, 9.17) is 9.90 Å². The molecule has 1 aromatic rings. The van der Waals surface area contributed by atoms with E-state index in [-0.39, 0.29) is 22.9 Å². The Balaban J connectivity index is 0.000000762. The third kappa shape index (κ3) is 10.4. The number of carbonyl (C=O) groups excluding carboxylic acids is 1. The molecule has 0 radical (unpaired) electrons. The maximum atomic E-state index is 11.8. The molecular formula is C20H29F3N4O7S. The van der Waals surface area contributed by atoms with Gasteiger partial charge in [0.15, 0.2) is 0 Å². The smallest absolute Gasteiger partial charge is 0.478 e. The van der Waals surface area contributed by atoms with Crippen molar-refractivity contribution in [3.63, 3.8) is 0 Å². The average molecular weight is 527 g/mol. The van der Waals surface area contributed by atoms with Crippen LogP contribution in [0.15, 0.2) is 18.2 Å². The standard InChI is InChI=1S/C18H28N4O5S.C2HF3O2/c1-3-7-19-17(23)13-21-8-10-22(11-9-21)14-5-6-16(15(12-14)18(24)25)20-28(26,27)4-2;3-2(4,5)1(6)7/h5-6,12,20H,3-4,7-11,13H2,1-2H3,(H,19,23)(H,24,25);(H,6,7). The Morgan fingerprint density at radius 2 is 1.63 bits per heavy atom. The first-order valence-corrected chi connectivity index (χ1v) is 12.3. The van der Waals surface area contributed by atoms with E-state index in [9.17, 15) is 36.3 Å². The second kappa shape index (κ2) is 13.1. The predicted octanol–water partition coefficient (Wildman–Crippen LogP) is 1.43. The zero-order chi connectivity index (χ0) is 26.8. The highest BCUT2D eigenvalue weighted by molar-refractivity contribution is 7.92. The van der Waals surface area contributed by atoms with Crippen molar-refractivity contribution in [1.29, 1.82) is 0 Å². The monoisotopic (exact) mass is 526 g/mol. The minimum Gasteiger partial charge on any atom is -0.478 e. The van der Waals surface area contributed by atoms with Crippen LogP contribution in [0.25, 0.3) is 0 Å². The van der Waals surface area contributed by atoms with E-state index in [1.807, 2.05) is 11.8 Å². The predicted molar refractivity (Wildman–Crippen MR) is 122 cm³/mol. The molecule has 198 valence electrons. The molecule has 0 unspecified atom stereocenters. The van der Waals surface area contributed by atoms with Gasteiger partial charge in [-0.05, 0) is 31.5 Å². The van der Waals surface area contributed by atoms with Gasteiger partial charge in [-0.3, -0.25) is 14.4 Å². The molecule has 1 aliphatic heterocycles. The highest BCUT2D eigenvalue weighted by atomic mass is 32.2. The summed E-state index contributed by atoms with van der Waals surface area (Å²) in [6.45, 7) is 7.19. The molecule has 1 amide bonds. The summed E-state index contributed by atoms with van der Waals surface area (Å²) in [6, 6.07) is 4.68. The summed E-state index contributed by atoms with van der Waals surface area (Å²) in [5.41, 5.74) is 0.687. The van der Waals surface area contributed by atoms with Crippen LogP contribution in [-0.4, -0.2) is 92.6 Å². The van der Waals surface area contributed by atoms with Gasteiger partial charge in [0.25, 0.3) is 0 Å². The van der Waals surface area contributed by atoms with Crippen molar-refractivity contribution < 1.29 is 46.2 Å². The molecule has 0 atom stereocenters. The Morgan fingerprint density at radius 1 is 1.06 bits per heavy atom. The number of carbonyl (C=O) groups is 3. The van der Waals surface area contributed by atoms with E-state index in [2.05, 4.69) is 14.9 Å². The molecule has 1 heterocycles. The number of aliphatic carboxylic acids is 1. The number of anilines is 2. The van der Waals surface area contributed by atoms with Crippen LogP contribution in [0.3, 0.4) is 0 Å². The van der Waals surface area contributed by atoms with Crippen LogP contribution >= 0.6 is 0 Å². The first-order chi connectivity index (χ1) is 16.2. The first kappa shape index (κ1) is 30.0. The Morgan fingerprint density at radius 3 is 2.09 bits per heavy atom. The van der Waals surface area contributed by atoms with Crippen LogP contribution in [0.5, 0.6) is 0 Å². The number of sulfonamides is 1. The van der Waals surface area contributed by atoms with Crippen LogP contribution < -0.4 is 14.9 Å². The Kier molecular flexibility index (Phi) is 11.2. The number of carboxylic acids is 2. The largest absolute Gasteiger partial charge is 0.490 e. The van der Waals surface area contributed by atoms with Crippen LogP contribution in [-0.2, 0) is 19.6 Å². The van der Waals surface area contributed by atoms with Crippen molar-refractivity contribution in [1.82, 2.24) is 10.2 Å². The van der Waals surface area contributed by atoms with Crippen molar-refractivity contribution in [2.24, 2.45) is 0 Å². The van der Waals surface area contributed by atoms with E-state index in [0.717, 1.165) is 6.42 Å². The number of carboxylic acid groups (broad SMARTS) is 2. The SMILES string of the molecule is CCCNC(=O)CN1CCN(c2ccc(NS(=O)(=O)CC)c(C(=O)O)c2)CC1.O=C(O)C(F)(F)F. The van der Waals surface area contributed by atoms with E-state index < -0.39 is 28.1 Å². The Hall–Kier alpha value is -3.07. The molecule has 1 aromatic carbocycles. The normalized spacial score (nSPS) is 14.5. The number of piperazine rings is 1. The summed E-state index contributed by atoms with van der Waals surface area (Å²) >= 11 is 0. The van der Waals surface area contributed by atoms with Crippen LogP contribution in [0.1, 0.15) is 30.6 Å². The van der Waals surface area contributed by atoms with Gasteiger partial charge >= 0.3 is 18.1 Å². The zero-order valence-electron chi connectivity index (χ0n) is 19.3. The maximum Gasteiger partial charge on any atom is 0.490 e. The van der Waals surface area contributed by atoms with Gasteiger partial charge in [-0.2, -0.15) is 13.2 Å². The average Bonchev–Trinajstić information content (AvgIpc) is 2.78. The number of benzene rings is 1. The number of hydrogen-bond donors (Lipinski definition) is 4. The third-order valence-electron chi connectivity index (χ3n) is 4.80. The minimum atomic E-state index is -5.08. The van der Waals surface area contributed by atoms with E-state index >= 15 is 0 Å². The molecule has 0 aliphatic carbocycles. The van der Waals surface area contributed by atoms with Crippen molar-refractivity contribution in [2.45, 2.75) is 26.4 Å². The number of rotatable bonds is 9. The number of nitrogens with zero attached hydrogens (tertiary/aromatic N) is 2. The highest BCUT2D eigenvalue weighted by Crippen LogP contribution is 2.25. The fourth-order valence-electron chi connectivity index (χ4n) is 2.92. The Labute approximate surface area is 200 Å². The number of nitrogens with one attached hydrogen (secondary N) is 2. The van der Waals surface area contributed by atoms with Gasteiger partial charge < -0.3 is 20.4 Å². The molecule has 2 rings (SSSR count). The molecule has 4 N–H and O–H groups in total. The molecule has 15 heteroatoms. The molecule has 0 spiro atoms. The summed E-state index contributed by atoms with van der Waals surface area (Å²) in [6.07, 6.45) is -4.18. The van der Waals surface area contributed by atoms with E-state index in [0.29, 0.717) is 45.0 Å². The van der Waals surface area contributed by atoms with Gasteiger partial charge in [-0.1, -0.05) is 6.92 Å². The minimum absolute atomic E-state index is 0.0102. The second-order valence-electron chi connectivity index (χ2n) is 7.46. The molecule has 1 saturated heterocycles. The van der Waals surface area contributed by atoms with Crippen LogP contribution in [0.4, 0.5) is 24.5 Å². The lowest BCUT2D eigenvalue weighted by Crippen LogP contribution is -2.49. The molecular weight excluding hydrogens is 497 g/mol. The lowest BCUT2D eigenvalue weighted by Gasteiger charge is -2.36. The van der Waals surface area contributed by atoms with E-state index in [1.54, 1.807) is 6.07 Å². The quantitative estimate of drug-likeness (QED) is 0.374. The molecule has 1 fully saturated rings. The molecule has 0 saturated carbocycles.